The van der Waals surface area contributed by atoms with Gasteiger partial charge < -0.3 is 19.4 Å². The van der Waals surface area contributed by atoms with Gasteiger partial charge in [-0.15, -0.1) is 0 Å². The van der Waals surface area contributed by atoms with E-state index in [1.54, 1.807) is 0 Å². The third kappa shape index (κ3) is 3.24. The molecule has 0 saturated heterocycles. The van der Waals surface area contributed by atoms with Gasteiger partial charge in [0.25, 0.3) is 0 Å². The Balaban J connectivity index is 3.45. The van der Waals surface area contributed by atoms with Crippen LogP contribution in [0.25, 0.3) is 0 Å². The average Bonchev–Trinajstić information content (AvgIpc) is 2.43. The molecule has 0 bridgehead atoms. The Morgan fingerprint density at radius 1 is 0.905 bits per heavy atom. The molecule has 1 aromatic carbocycles. The van der Waals surface area contributed by atoms with Crippen LogP contribution in [-0.2, 0) is 8.85 Å². The SMILES string of the molecule is CCO[Si](O)(OCC)C(N)c1c(F)c(F)c(F)c(F)c1F. The van der Waals surface area contributed by atoms with Gasteiger partial charge in [-0.05, 0) is 13.8 Å². The second-order valence-electron chi connectivity index (χ2n) is 3.96. The molecule has 0 heterocycles. The van der Waals surface area contributed by atoms with Crippen LogP contribution >= 0.6 is 0 Å². The topological polar surface area (TPSA) is 64.7 Å². The van der Waals surface area contributed by atoms with Crippen molar-refractivity contribution in [1.29, 1.82) is 0 Å². The van der Waals surface area contributed by atoms with Crippen LogP contribution in [-0.4, -0.2) is 26.8 Å². The molecule has 0 fully saturated rings. The maximum atomic E-state index is 13.7. The number of rotatable bonds is 6. The second-order valence-corrected chi connectivity index (χ2v) is 6.42. The minimum absolute atomic E-state index is 0.119. The summed E-state index contributed by atoms with van der Waals surface area (Å²) >= 11 is 0. The van der Waals surface area contributed by atoms with Crippen molar-refractivity contribution in [2.45, 2.75) is 19.5 Å². The summed E-state index contributed by atoms with van der Waals surface area (Å²) in [5.74, 6) is -10.8. The fraction of sp³-hybridized carbons (Fsp3) is 0.455. The Kier molecular flexibility index (Phi) is 5.81. The number of hydrogen-bond acceptors (Lipinski definition) is 4. The number of benzene rings is 1. The van der Waals surface area contributed by atoms with E-state index in [9.17, 15) is 26.7 Å². The van der Waals surface area contributed by atoms with Gasteiger partial charge in [-0.2, -0.15) is 0 Å². The van der Waals surface area contributed by atoms with Crippen LogP contribution in [0.4, 0.5) is 22.0 Å². The Morgan fingerprint density at radius 2 is 1.24 bits per heavy atom. The van der Waals surface area contributed by atoms with Gasteiger partial charge in [-0.3, -0.25) is 0 Å². The minimum Gasteiger partial charge on any atom is -0.389 e. The smallest absolute Gasteiger partial charge is 0.389 e. The molecule has 1 unspecified atom stereocenters. The first-order valence-corrected chi connectivity index (χ1v) is 7.82. The molecule has 1 aromatic rings. The molecular formula is C11H14F5NO3Si. The quantitative estimate of drug-likeness (QED) is 0.362. The van der Waals surface area contributed by atoms with Crippen molar-refractivity contribution in [3.8, 4) is 0 Å². The molecule has 4 nitrogen and oxygen atoms in total. The van der Waals surface area contributed by atoms with Crippen LogP contribution in [0.3, 0.4) is 0 Å². The van der Waals surface area contributed by atoms with Crippen LogP contribution in [0.1, 0.15) is 25.1 Å². The lowest BCUT2D eigenvalue weighted by Gasteiger charge is -2.29. The lowest BCUT2D eigenvalue weighted by Crippen LogP contribution is -2.53. The first kappa shape index (κ1) is 18.0. The summed E-state index contributed by atoms with van der Waals surface area (Å²) in [6.07, 6.45) is 0. The van der Waals surface area contributed by atoms with E-state index >= 15 is 0 Å². The monoisotopic (exact) mass is 331 g/mol. The molecule has 10 heteroatoms. The Morgan fingerprint density at radius 3 is 1.57 bits per heavy atom. The number of hydrogen-bond donors (Lipinski definition) is 2. The van der Waals surface area contributed by atoms with E-state index in [-0.39, 0.29) is 13.2 Å². The van der Waals surface area contributed by atoms with E-state index in [0.717, 1.165) is 0 Å². The zero-order chi connectivity index (χ0) is 16.4. The first-order chi connectivity index (χ1) is 9.71. The fourth-order valence-corrected chi connectivity index (χ4v) is 3.60. The fourth-order valence-electron chi connectivity index (χ4n) is 1.71. The van der Waals surface area contributed by atoms with Crippen molar-refractivity contribution in [2.75, 3.05) is 13.2 Å². The lowest BCUT2D eigenvalue weighted by molar-refractivity contribution is 0.0969. The van der Waals surface area contributed by atoms with Crippen molar-refractivity contribution in [3.63, 3.8) is 0 Å². The van der Waals surface area contributed by atoms with Gasteiger partial charge in [-0.1, -0.05) is 0 Å². The highest BCUT2D eigenvalue weighted by Crippen LogP contribution is 2.31. The summed E-state index contributed by atoms with van der Waals surface area (Å²) in [4.78, 5) is 10.1. The third-order valence-corrected chi connectivity index (χ3v) is 5.13. The molecule has 0 spiro atoms. The molecule has 120 valence electrons. The van der Waals surface area contributed by atoms with Crippen molar-refractivity contribution >= 4 is 8.80 Å². The average molecular weight is 331 g/mol. The van der Waals surface area contributed by atoms with Crippen molar-refractivity contribution in [2.24, 2.45) is 5.73 Å². The molecule has 1 atom stereocenters. The largest absolute Gasteiger partial charge is 0.520 e. The second kappa shape index (κ2) is 6.79. The van der Waals surface area contributed by atoms with E-state index in [0.29, 0.717) is 0 Å². The summed E-state index contributed by atoms with van der Waals surface area (Å²) in [6.45, 7) is 2.65. The standard InChI is InChI=1S/C11H14F5NO3Si/c1-3-19-21(18,20-4-2)11(17)5-6(12)8(14)10(16)9(15)7(5)13/h11,18H,3-4,17H2,1-2H3. The lowest BCUT2D eigenvalue weighted by atomic mass is 10.1. The van der Waals surface area contributed by atoms with Gasteiger partial charge in [0.05, 0.1) is 5.56 Å². The molecular weight excluding hydrogens is 317 g/mol. The molecule has 0 amide bonds. The highest BCUT2D eigenvalue weighted by Gasteiger charge is 2.48. The zero-order valence-corrected chi connectivity index (χ0v) is 12.2. The molecule has 0 saturated carbocycles. The van der Waals surface area contributed by atoms with Crippen molar-refractivity contribution < 1.29 is 35.6 Å². The maximum Gasteiger partial charge on any atom is 0.520 e. The summed E-state index contributed by atoms with van der Waals surface area (Å²) in [7, 11) is -4.38. The maximum absolute atomic E-state index is 13.7. The van der Waals surface area contributed by atoms with Gasteiger partial charge in [0.15, 0.2) is 23.3 Å². The van der Waals surface area contributed by atoms with Gasteiger partial charge in [0.2, 0.25) is 5.82 Å². The van der Waals surface area contributed by atoms with Crippen molar-refractivity contribution in [1.82, 2.24) is 0 Å². The zero-order valence-electron chi connectivity index (χ0n) is 11.2. The Bertz CT molecular complexity index is 496. The predicted molar refractivity (Wildman–Crippen MR) is 64.4 cm³/mol. The van der Waals surface area contributed by atoms with Crippen LogP contribution in [0.15, 0.2) is 0 Å². The summed E-state index contributed by atoms with van der Waals surface area (Å²) in [5, 5.41) is 0. The van der Waals surface area contributed by atoms with Gasteiger partial charge in [0, 0.05) is 13.2 Å². The third-order valence-electron chi connectivity index (χ3n) is 2.65. The van der Waals surface area contributed by atoms with E-state index in [4.69, 9.17) is 14.6 Å². The van der Waals surface area contributed by atoms with Gasteiger partial charge >= 0.3 is 8.80 Å². The van der Waals surface area contributed by atoms with Gasteiger partial charge in [-0.25, -0.2) is 22.0 Å². The van der Waals surface area contributed by atoms with Crippen molar-refractivity contribution in [3.05, 3.63) is 34.6 Å². The Hall–Kier alpha value is -1.07. The summed E-state index contributed by atoms with van der Waals surface area (Å²) in [6, 6.07) is 0. The van der Waals surface area contributed by atoms with E-state index in [1.807, 2.05) is 0 Å². The molecule has 21 heavy (non-hydrogen) atoms. The van der Waals surface area contributed by atoms with Crippen LogP contribution in [0.2, 0.25) is 0 Å². The van der Waals surface area contributed by atoms with Crippen LogP contribution in [0, 0.1) is 29.1 Å². The molecule has 1 rings (SSSR count). The molecule has 0 aromatic heterocycles. The van der Waals surface area contributed by atoms with Crippen LogP contribution < -0.4 is 5.73 Å². The molecule has 3 N–H and O–H groups in total. The highest BCUT2D eigenvalue weighted by molar-refractivity contribution is 6.60. The molecule has 0 aliphatic carbocycles. The molecule has 0 aliphatic heterocycles. The predicted octanol–water partition coefficient (Wildman–Crippen LogP) is 1.93. The molecule has 0 aliphatic rings. The van der Waals surface area contributed by atoms with Crippen LogP contribution in [0.5, 0.6) is 0 Å². The van der Waals surface area contributed by atoms with E-state index in [1.165, 1.54) is 13.8 Å². The van der Waals surface area contributed by atoms with E-state index < -0.39 is 49.1 Å². The highest BCUT2D eigenvalue weighted by atomic mass is 28.4. The molecule has 0 radical (unpaired) electrons. The normalized spacial score (nSPS) is 13.6. The Labute approximate surface area is 118 Å². The van der Waals surface area contributed by atoms with E-state index in [2.05, 4.69) is 0 Å². The summed E-state index contributed by atoms with van der Waals surface area (Å²) in [5.41, 5.74) is 2.09. The van der Waals surface area contributed by atoms with Gasteiger partial charge in [0.1, 0.15) is 5.67 Å². The minimum atomic E-state index is -4.38. The summed E-state index contributed by atoms with van der Waals surface area (Å²) < 4.78 is 76.4. The number of nitrogens with two attached hydrogens (primary N) is 1. The first-order valence-electron chi connectivity index (χ1n) is 5.98. The number of halogens is 5.